The van der Waals surface area contributed by atoms with E-state index in [0.717, 1.165) is 22.0 Å². The summed E-state index contributed by atoms with van der Waals surface area (Å²) in [5, 5.41) is 0.999. The van der Waals surface area contributed by atoms with Gasteiger partial charge in [-0.25, -0.2) is 4.98 Å². The third kappa shape index (κ3) is 3.78. The molecule has 2 rings (SSSR count). The predicted octanol–water partition coefficient (Wildman–Crippen LogP) is 2.53. The van der Waals surface area contributed by atoms with Gasteiger partial charge in [-0.1, -0.05) is 12.1 Å². The molecule has 0 saturated carbocycles. The molecule has 1 heterocycles. The lowest BCUT2D eigenvalue weighted by Gasteiger charge is -2.06. The van der Waals surface area contributed by atoms with E-state index in [4.69, 9.17) is 9.47 Å². The number of ether oxygens (including phenoxy) is 2. The SMILES string of the molecule is CCOC(=O)CN=Cc1cc2ccc(C)cc2nc1OC. The summed E-state index contributed by atoms with van der Waals surface area (Å²) in [5.41, 5.74) is 2.74. The quantitative estimate of drug-likeness (QED) is 0.626. The van der Waals surface area contributed by atoms with Gasteiger partial charge in [0.15, 0.2) is 0 Å². The van der Waals surface area contributed by atoms with Crippen LogP contribution < -0.4 is 4.74 Å². The Labute approximate surface area is 123 Å². The first-order chi connectivity index (χ1) is 10.1. The van der Waals surface area contributed by atoms with Gasteiger partial charge >= 0.3 is 5.97 Å². The minimum Gasteiger partial charge on any atom is -0.481 e. The van der Waals surface area contributed by atoms with Crippen molar-refractivity contribution in [2.45, 2.75) is 13.8 Å². The first-order valence-corrected chi connectivity index (χ1v) is 6.75. The molecule has 0 N–H and O–H groups in total. The van der Waals surface area contributed by atoms with E-state index in [9.17, 15) is 4.79 Å². The minimum absolute atomic E-state index is 0.0110. The van der Waals surface area contributed by atoms with Gasteiger partial charge in [0.2, 0.25) is 5.88 Å². The van der Waals surface area contributed by atoms with Gasteiger partial charge in [0.1, 0.15) is 6.54 Å². The number of aryl methyl sites for hydroxylation is 1. The number of rotatable bonds is 5. The van der Waals surface area contributed by atoms with E-state index in [1.165, 1.54) is 0 Å². The Bertz CT molecular complexity index is 681. The highest BCUT2D eigenvalue weighted by molar-refractivity contribution is 5.91. The monoisotopic (exact) mass is 286 g/mol. The molecule has 1 aromatic heterocycles. The first-order valence-electron chi connectivity index (χ1n) is 6.75. The van der Waals surface area contributed by atoms with Crippen molar-refractivity contribution >= 4 is 23.1 Å². The number of nitrogens with zero attached hydrogens (tertiary/aromatic N) is 2. The second kappa shape index (κ2) is 6.83. The van der Waals surface area contributed by atoms with Crippen molar-refractivity contribution in [2.24, 2.45) is 4.99 Å². The number of aromatic nitrogens is 1. The summed E-state index contributed by atoms with van der Waals surface area (Å²) in [5.74, 6) is 0.137. The van der Waals surface area contributed by atoms with E-state index in [1.807, 2.05) is 31.2 Å². The van der Waals surface area contributed by atoms with Crippen molar-refractivity contribution in [1.82, 2.24) is 4.98 Å². The van der Waals surface area contributed by atoms with Crippen LogP contribution in [0.1, 0.15) is 18.1 Å². The van der Waals surface area contributed by atoms with Crippen molar-refractivity contribution in [3.8, 4) is 5.88 Å². The lowest BCUT2D eigenvalue weighted by atomic mass is 10.1. The summed E-state index contributed by atoms with van der Waals surface area (Å²) in [7, 11) is 1.56. The third-order valence-corrected chi connectivity index (χ3v) is 2.92. The van der Waals surface area contributed by atoms with E-state index in [1.54, 1.807) is 20.2 Å². The van der Waals surface area contributed by atoms with Crippen LogP contribution in [0.25, 0.3) is 10.9 Å². The fourth-order valence-electron chi connectivity index (χ4n) is 1.96. The molecule has 0 amide bonds. The summed E-state index contributed by atoms with van der Waals surface area (Å²) in [6.07, 6.45) is 1.59. The van der Waals surface area contributed by atoms with Gasteiger partial charge in [-0.05, 0) is 31.5 Å². The lowest BCUT2D eigenvalue weighted by molar-refractivity contribution is -0.141. The van der Waals surface area contributed by atoms with Gasteiger partial charge in [-0.3, -0.25) is 9.79 Å². The number of carbonyl (C=O) groups excluding carboxylic acids is 1. The number of pyridine rings is 1. The largest absolute Gasteiger partial charge is 0.481 e. The Morgan fingerprint density at radius 3 is 2.90 bits per heavy atom. The van der Waals surface area contributed by atoms with Crippen molar-refractivity contribution < 1.29 is 14.3 Å². The number of fused-ring (bicyclic) bond motifs is 1. The fraction of sp³-hybridized carbons (Fsp3) is 0.312. The first kappa shape index (κ1) is 15.0. The molecule has 0 fully saturated rings. The van der Waals surface area contributed by atoms with Crippen LogP contribution in [0.3, 0.4) is 0 Å². The molecule has 0 unspecified atom stereocenters. The van der Waals surface area contributed by atoms with Crippen molar-refractivity contribution in [1.29, 1.82) is 0 Å². The summed E-state index contributed by atoms with van der Waals surface area (Å²) >= 11 is 0. The highest BCUT2D eigenvalue weighted by atomic mass is 16.5. The van der Waals surface area contributed by atoms with E-state index < -0.39 is 0 Å². The highest BCUT2D eigenvalue weighted by Crippen LogP contribution is 2.21. The maximum absolute atomic E-state index is 11.3. The van der Waals surface area contributed by atoms with Crippen LogP contribution in [0.15, 0.2) is 29.3 Å². The van der Waals surface area contributed by atoms with Crippen LogP contribution in [-0.2, 0) is 9.53 Å². The topological polar surface area (TPSA) is 60.8 Å². The van der Waals surface area contributed by atoms with Gasteiger partial charge in [0, 0.05) is 11.6 Å². The van der Waals surface area contributed by atoms with Crippen molar-refractivity contribution in [3.05, 3.63) is 35.4 Å². The molecular weight excluding hydrogens is 268 g/mol. The van der Waals surface area contributed by atoms with Gasteiger partial charge in [-0.15, -0.1) is 0 Å². The molecule has 0 aliphatic heterocycles. The standard InChI is InChI=1S/C16H18N2O3/c1-4-21-15(19)10-17-9-13-8-12-6-5-11(2)7-14(12)18-16(13)20-3/h5-9H,4,10H2,1-3H3. The zero-order valence-electron chi connectivity index (χ0n) is 12.4. The average Bonchev–Trinajstić information content (AvgIpc) is 2.47. The van der Waals surface area contributed by atoms with E-state index >= 15 is 0 Å². The van der Waals surface area contributed by atoms with Crippen LogP contribution in [0.4, 0.5) is 0 Å². The molecule has 5 heteroatoms. The molecule has 2 aromatic rings. The number of benzene rings is 1. The summed E-state index contributed by atoms with van der Waals surface area (Å²) in [6.45, 7) is 4.12. The number of carbonyl (C=O) groups is 1. The number of esters is 1. The molecule has 0 spiro atoms. The van der Waals surface area contributed by atoms with E-state index in [0.29, 0.717) is 12.5 Å². The van der Waals surface area contributed by atoms with Gasteiger partial charge in [0.25, 0.3) is 0 Å². The predicted molar refractivity (Wildman–Crippen MR) is 82.1 cm³/mol. The molecule has 0 aliphatic carbocycles. The molecule has 21 heavy (non-hydrogen) atoms. The normalized spacial score (nSPS) is 11.0. The van der Waals surface area contributed by atoms with Crippen LogP contribution >= 0.6 is 0 Å². The van der Waals surface area contributed by atoms with Crippen LogP contribution in [0, 0.1) is 6.92 Å². The highest BCUT2D eigenvalue weighted by Gasteiger charge is 2.06. The third-order valence-electron chi connectivity index (χ3n) is 2.92. The summed E-state index contributed by atoms with van der Waals surface area (Å²) in [6, 6.07) is 7.96. The molecule has 1 aromatic carbocycles. The lowest BCUT2D eigenvalue weighted by Crippen LogP contribution is -2.07. The second-order valence-corrected chi connectivity index (χ2v) is 4.56. The Hall–Kier alpha value is -2.43. The maximum atomic E-state index is 11.3. The second-order valence-electron chi connectivity index (χ2n) is 4.56. The molecule has 0 aliphatic rings. The fourth-order valence-corrected chi connectivity index (χ4v) is 1.96. The molecule has 0 radical (unpaired) electrons. The molecular formula is C16H18N2O3. The smallest absolute Gasteiger partial charge is 0.327 e. The molecule has 5 nitrogen and oxygen atoms in total. The Morgan fingerprint density at radius 2 is 2.19 bits per heavy atom. The molecule has 0 saturated heterocycles. The van der Waals surface area contributed by atoms with E-state index in [2.05, 4.69) is 9.98 Å². The molecule has 0 bridgehead atoms. The number of methoxy groups -OCH3 is 1. The van der Waals surface area contributed by atoms with Crippen LogP contribution in [0.2, 0.25) is 0 Å². The molecule has 0 atom stereocenters. The summed E-state index contributed by atoms with van der Waals surface area (Å²) in [4.78, 5) is 19.8. The Balaban J connectivity index is 2.28. The zero-order chi connectivity index (χ0) is 15.2. The Morgan fingerprint density at radius 1 is 1.38 bits per heavy atom. The maximum Gasteiger partial charge on any atom is 0.327 e. The number of hydrogen-bond acceptors (Lipinski definition) is 5. The van der Waals surface area contributed by atoms with Crippen LogP contribution in [0.5, 0.6) is 5.88 Å². The van der Waals surface area contributed by atoms with Crippen molar-refractivity contribution in [3.63, 3.8) is 0 Å². The van der Waals surface area contributed by atoms with Crippen molar-refractivity contribution in [2.75, 3.05) is 20.3 Å². The van der Waals surface area contributed by atoms with Gasteiger partial charge < -0.3 is 9.47 Å². The van der Waals surface area contributed by atoms with Crippen LogP contribution in [-0.4, -0.2) is 37.4 Å². The van der Waals surface area contributed by atoms with Gasteiger partial charge in [-0.2, -0.15) is 0 Å². The zero-order valence-corrected chi connectivity index (χ0v) is 12.4. The summed E-state index contributed by atoms with van der Waals surface area (Å²) < 4.78 is 10.1. The minimum atomic E-state index is -0.350. The van der Waals surface area contributed by atoms with E-state index in [-0.39, 0.29) is 12.5 Å². The average molecular weight is 286 g/mol. The molecule has 110 valence electrons. The van der Waals surface area contributed by atoms with Gasteiger partial charge in [0.05, 0.1) is 24.8 Å². The number of aliphatic imine (C=N–C) groups is 1. The number of hydrogen-bond donors (Lipinski definition) is 0. The Kier molecular flexibility index (Phi) is 4.87.